The molecule has 2 aromatic rings. The molecule has 0 amide bonds. The molecule has 0 saturated carbocycles. The Morgan fingerprint density at radius 3 is 2.65 bits per heavy atom. The van der Waals surface area contributed by atoms with Crippen molar-refractivity contribution in [3.05, 3.63) is 35.0 Å². The van der Waals surface area contributed by atoms with Crippen molar-refractivity contribution in [2.45, 2.75) is 20.3 Å². The molecule has 1 fully saturated rings. The smallest absolute Gasteiger partial charge is 0.0482 e. The number of nitrogens with one attached hydrogen (secondary N) is 1. The van der Waals surface area contributed by atoms with Gasteiger partial charge < -0.3 is 14.8 Å². The largest absolute Gasteiger partial charge is 0.348 e. The van der Waals surface area contributed by atoms with Gasteiger partial charge in [-0.3, -0.25) is 0 Å². The molecule has 1 aromatic heterocycles. The molecule has 1 aromatic carbocycles. The normalized spacial score (nSPS) is 16.9. The Labute approximate surface area is 121 Å². The molecule has 0 radical (unpaired) electrons. The minimum Gasteiger partial charge on any atom is -0.348 e. The Hall–Kier alpha value is -1.32. The van der Waals surface area contributed by atoms with Crippen molar-refractivity contribution >= 4 is 10.9 Å². The quantitative estimate of drug-likeness (QED) is 0.924. The molecule has 0 unspecified atom stereocenters. The van der Waals surface area contributed by atoms with Gasteiger partial charge in [-0.15, -0.1) is 0 Å². The van der Waals surface area contributed by atoms with Crippen molar-refractivity contribution in [3.63, 3.8) is 0 Å². The minimum absolute atomic E-state index is 1.13. The second-order valence-electron chi connectivity index (χ2n) is 5.99. The average molecular weight is 271 g/mol. The SMILES string of the molecule is Cc1ccc2c(c1)c(CCN1CCNCC1)c(C)n2C. The van der Waals surface area contributed by atoms with Crippen LogP contribution in [0.25, 0.3) is 10.9 Å². The van der Waals surface area contributed by atoms with Gasteiger partial charge in [0, 0.05) is 56.4 Å². The topological polar surface area (TPSA) is 20.2 Å². The van der Waals surface area contributed by atoms with Gasteiger partial charge in [-0.2, -0.15) is 0 Å². The van der Waals surface area contributed by atoms with E-state index in [1.807, 2.05) is 0 Å². The highest BCUT2D eigenvalue weighted by atomic mass is 15.2. The van der Waals surface area contributed by atoms with Crippen LogP contribution < -0.4 is 5.32 Å². The fourth-order valence-electron chi connectivity index (χ4n) is 3.28. The Kier molecular flexibility index (Phi) is 3.81. The molecule has 1 N–H and O–H groups in total. The molecule has 1 aliphatic heterocycles. The van der Waals surface area contributed by atoms with Gasteiger partial charge >= 0.3 is 0 Å². The van der Waals surface area contributed by atoms with Crippen molar-refractivity contribution in [2.24, 2.45) is 7.05 Å². The second-order valence-corrected chi connectivity index (χ2v) is 5.99. The predicted octanol–water partition coefficient (Wildman–Crippen LogP) is 2.24. The lowest BCUT2D eigenvalue weighted by molar-refractivity contribution is 0.244. The van der Waals surface area contributed by atoms with Gasteiger partial charge in [-0.05, 0) is 38.0 Å². The molecule has 0 spiro atoms. The van der Waals surface area contributed by atoms with Crippen LogP contribution in [0.2, 0.25) is 0 Å². The van der Waals surface area contributed by atoms with Gasteiger partial charge in [-0.25, -0.2) is 0 Å². The number of benzene rings is 1. The predicted molar refractivity (Wildman–Crippen MR) is 85.4 cm³/mol. The van der Waals surface area contributed by atoms with Crippen LogP contribution in [0.3, 0.4) is 0 Å². The third-order valence-electron chi connectivity index (χ3n) is 4.67. The van der Waals surface area contributed by atoms with Crippen LogP contribution in [0.1, 0.15) is 16.8 Å². The van der Waals surface area contributed by atoms with Crippen molar-refractivity contribution in [1.82, 2.24) is 14.8 Å². The van der Waals surface area contributed by atoms with E-state index < -0.39 is 0 Å². The van der Waals surface area contributed by atoms with Crippen LogP contribution in [0.4, 0.5) is 0 Å². The van der Waals surface area contributed by atoms with E-state index in [1.54, 1.807) is 0 Å². The van der Waals surface area contributed by atoms with Crippen LogP contribution in [-0.2, 0) is 13.5 Å². The number of fused-ring (bicyclic) bond motifs is 1. The number of aromatic nitrogens is 1. The molecule has 1 aliphatic rings. The summed E-state index contributed by atoms with van der Waals surface area (Å²) in [6, 6.07) is 6.81. The molecule has 108 valence electrons. The highest BCUT2D eigenvalue weighted by Crippen LogP contribution is 2.26. The molecular weight excluding hydrogens is 246 g/mol. The summed E-state index contributed by atoms with van der Waals surface area (Å²) in [5.41, 5.74) is 5.67. The van der Waals surface area contributed by atoms with Gasteiger partial charge in [0.15, 0.2) is 0 Å². The van der Waals surface area contributed by atoms with E-state index in [0.717, 1.165) is 19.5 Å². The Bertz CT molecular complexity index is 606. The van der Waals surface area contributed by atoms with Gasteiger partial charge in [0.05, 0.1) is 0 Å². The van der Waals surface area contributed by atoms with Crippen LogP contribution in [0.5, 0.6) is 0 Å². The Morgan fingerprint density at radius 2 is 1.90 bits per heavy atom. The number of hydrogen-bond donors (Lipinski definition) is 1. The fourth-order valence-corrected chi connectivity index (χ4v) is 3.28. The zero-order chi connectivity index (χ0) is 14.1. The second kappa shape index (κ2) is 5.58. The summed E-state index contributed by atoms with van der Waals surface area (Å²) >= 11 is 0. The van der Waals surface area contributed by atoms with Crippen LogP contribution >= 0.6 is 0 Å². The summed E-state index contributed by atoms with van der Waals surface area (Å²) in [4.78, 5) is 2.57. The van der Waals surface area contributed by atoms with Crippen LogP contribution in [-0.4, -0.2) is 42.2 Å². The van der Waals surface area contributed by atoms with Crippen molar-refractivity contribution in [1.29, 1.82) is 0 Å². The van der Waals surface area contributed by atoms with E-state index in [0.29, 0.717) is 0 Å². The number of aryl methyl sites for hydroxylation is 2. The first-order valence-corrected chi connectivity index (χ1v) is 7.64. The van der Waals surface area contributed by atoms with E-state index in [4.69, 9.17) is 0 Å². The lowest BCUT2D eigenvalue weighted by atomic mass is 10.1. The molecule has 3 nitrogen and oxygen atoms in total. The Balaban J connectivity index is 1.86. The van der Waals surface area contributed by atoms with Gasteiger partial charge in [0.25, 0.3) is 0 Å². The standard InChI is InChI=1S/C17H25N3/c1-13-4-5-17-16(12-13)15(14(2)19(17)3)6-9-20-10-7-18-8-11-20/h4-5,12,18H,6-11H2,1-3H3. The molecule has 0 atom stereocenters. The van der Waals surface area contributed by atoms with Crippen molar-refractivity contribution in [3.8, 4) is 0 Å². The van der Waals surface area contributed by atoms with Gasteiger partial charge in [0.2, 0.25) is 0 Å². The maximum absolute atomic E-state index is 3.42. The molecule has 1 saturated heterocycles. The molecule has 0 bridgehead atoms. The first-order valence-electron chi connectivity index (χ1n) is 7.64. The van der Waals surface area contributed by atoms with E-state index in [2.05, 4.69) is 53.9 Å². The van der Waals surface area contributed by atoms with Crippen LogP contribution in [0, 0.1) is 13.8 Å². The summed E-state index contributed by atoms with van der Waals surface area (Å²) in [5.74, 6) is 0. The van der Waals surface area contributed by atoms with Gasteiger partial charge in [-0.1, -0.05) is 11.6 Å². The lowest BCUT2D eigenvalue weighted by Crippen LogP contribution is -2.44. The van der Waals surface area contributed by atoms with Gasteiger partial charge in [0.1, 0.15) is 0 Å². The Morgan fingerprint density at radius 1 is 1.15 bits per heavy atom. The summed E-state index contributed by atoms with van der Waals surface area (Å²) in [6.45, 7) is 10.2. The molecule has 0 aliphatic carbocycles. The molecule has 20 heavy (non-hydrogen) atoms. The minimum atomic E-state index is 1.13. The van der Waals surface area contributed by atoms with Crippen molar-refractivity contribution < 1.29 is 0 Å². The number of nitrogens with zero attached hydrogens (tertiary/aromatic N) is 2. The molecular formula is C17H25N3. The molecule has 3 heteroatoms. The number of piperazine rings is 1. The summed E-state index contributed by atoms with van der Waals surface area (Å²) < 4.78 is 2.34. The highest BCUT2D eigenvalue weighted by Gasteiger charge is 2.14. The zero-order valence-electron chi connectivity index (χ0n) is 12.9. The van der Waals surface area contributed by atoms with E-state index in [1.165, 1.54) is 47.4 Å². The highest BCUT2D eigenvalue weighted by molar-refractivity contribution is 5.86. The van der Waals surface area contributed by atoms with Crippen molar-refractivity contribution in [2.75, 3.05) is 32.7 Å². The first-order chi connectivity index (χ1) is 9.66. The third-order valence-corrected chi connectivity index (χ3v) is 4.67. The molecule has 3 rings (SSSR count). The fraction of sp³-hybridized carbons (Fsp3) is 0.529. The maximum Gasteiger partial charge on any atom is 0.0482 e. The van der Waals surface area contributed by atoms with E-state index >= 15 is 0 Å². The average Bonchev–Trinajstić information content (AvgIpc) is 2.70. The molecule has 2 heterocycles. The summed E-state index contributed by atoms with van der Waals surface area (Å²) in [7, 11) is 2.18. The number of hydrogen-bond acceptors (Lipinski definition) is 2. The monoisotopic (exact) mass is 271 g/mol. The summed E-state index contributed by atoms with van der Waals surface area (Å²) in [6.07, 6.45) is 1.16. The third kappa shape index (κ3) is 2.48. The summed E-state index contributed by atoms with van der Waals surface area (Å²) in [5, 5.41) is 4.86. The van der Waals surface area contributed by atoms with Crippen LogP contribution in [0.15, 0.2) is 18.2 Å². The first kappa shape index (κ1) is 13.7. The maximum atomic E-state index is 3.42. The van der Waals surface area contributed by atoms with E-state index in [9.17, 15) is 0 Å². The lowest BCUT2D eigenvalue weighted by Gasteiger charge is -2.27. The van der Waals surface area contributed by atoms with E-state index in [-0.39, 0.29) is 0 Å². The zero-order valence-corrected chi connectivity index (χ0v) is 12.9. The number of rotatable bonds is 3.